The normalized spacial score (nSPS) is 10.9. The van der Waals surface area contributed by atoms with Crippen molar-refractivity contribution in [3.63, 3.8) is 0 Å². The van der Waals surface area contributed by atoms with E-state index in [-0.39, 0.29) is 17.0 Å². The van der Waals surface area contributed by atoms with Crippen molar-refractivity contribution in [1.82, 2.24) is 5.43 Å². The van der Waals surface area contributed by atoms with Crippen molar-refractivity contribution in [2.75, 3.05) is 0 Å². The third-order valence-corrected chi connectivity index (χ3v) is 3.62. The molecule has 0 unspecified atom stereocenters. The molecule has 0 radical (unpaired) electrons. The van der Waals surface area contributed by atoms with E-state index < -0.39 is 10.8 Å². The number of hydrogen-bond donors (Lipinski definition) is 2. The Bertz CT molecular complexity index is 999. The lowest BCUT2D eigenvalue weighted by Gasteiger charge is -2.04. The predicted molar refractivity (Wildman–Crippen MR) is 93.8 cm³/mol. The second-order valence-electron chi connectivity index (χ2n) is 5.23. The van der Waals surface area contributed by atoms with Crippen molar-refractivity contribution < 1.29 is 14.8 Å². The van der Waals surface area contributed by atoms with Gasteiger partial charge in [0.25, 0.3) is 11.6 Å². The third-order valence-electron chi connectivity index (χ3n) is 3.62. The van der Waals surface area contributed by atoms with Crippen molar-refractivity contribution in [2.24, 2.45) is 5.10 Å². The number of carbonyl (C=O) groups is 1. The van der Waals surface area contributed by atoms with Gasteiger partial charge in [-0.25, -0.2) is 5.43 Å². The lowest BCUT2D eigenvalue weighted by atomic mass is 10.1. The molecular formula is C18H13N3O4. The zero-order valence-corrected chi connectivity index (χ0v) is 12.9. The van der Waals surface area contributed by atoms with Crippen molar-refractivity contribution in [3.8, 4) is 5.75 Å². The van der Waals surface area contributed by atoms with Gasteiger partial charge < -0.3 is 5.11 Å². The molecule has 0 aromatic heterocycles. The van der Waals surface area contributed by atoms with Gasteiger partial charge in [0.05, 0.1) is 11.1 Å². The zero-order chi connectivity index (χ0) is 17.8. The summed E-state index contributed by atoms with van der Waals surface area (Å²) in [4.78, 5) is 22.2. The first-order valence-electron chi connectivity index (χ1n) is 7.35. The number of nitrogens with zero attached hydrogens (tertiary/aromatic N) is 2. The number of nitro benzene ring substituents is 1. The minimum Gasteiger partial charge on any atom is -0.507 e. The molecule has 0 spiro atoms. The largest absolute Gasteiger partial charge is 0.507 e. The smallest absolute Gasteiger partial charge is 0.271 e. The van der Waals surface area contributed by atoms with Gasteiger partial charge in [0.2, 0.25) is 0 Å². The Morgan fingerprint density at radius 2 is 1.92 bits per heavy atom. The standard InChI is InChI=1S/C18H13N3O4/c22-17-14(9-8-12-4-1-2-7-16(12)17)11-19-20-18(23)13-5-3-6-15(10-13)21(24)25/h1-11,22H,(H,20,23). The fourth-order valence-corrected chi connectivity index (χ4v) is 2.36. The molecule has 0 saturated carbocycles. The number of aromatic hydroxyl groups is 1. The van der Waals surface area contributed by atoms with Crippen LogP contribution in [0.4, 0.5) is 5.69 Å². The van der Waals surface area contributed by atoms with Crippen LogP contribution in [0.25, 0.3) is 10.8 Å². The number of phenols is 1. The number of nitro groups is 1. The van der Waals surface area contributed by atoms with Crippen LogP contribution in [0.2, 0.25) is 0 Å². The van der Waals surface area contributed by atoms with Crippen LogP contribution in [-0.4, -0.2) is 22.2 Å². The van der Waals surface area contributed by atoms with E-state index in [1.165, 1.54) is 30.5 Å². The topological polar surface area (TPSA) is 105 Å². The van der Waals surface area contributed by atoms with Gasteiger partial charge in [-0.3, -0.25) is 14.9 Å². The quantitative estimate of drug-likeness (QED) is 0.434. The van der Waals surface area contributed by atoms with Crippen LogP contribution < -0.4 is 5.43 Å². The number of carbonyl (C=O) groups excluding carboxylic acids is 1. The summed E-state index contributed by atoms with van der Waals surface area (Å²) in [6.45, 7) is 0. The summed E-state index contributed by atoms with van der Waals surface area (Å²) < 4.78 is 0. The number of phenolic OH excluding ortho intramolecular Hbond substituents is 1. The molecule has 25 heavy (non-hydrogen) atoms. The molecule has 0 atom stereocenters. The number of amides is 1. The number of nitrogens with one attached hydrogen (secondary N) is 1. The highest BCUT2D eigenvalue weighted by atomic mass is 16.6. The number of benzene rings is 3. The van der Waals surface area contributed by atoms with Crippen molar-refractivity contribution in [2.45, 2.75) is 0 Å². The monoisotopic (exact) mass is 335 g/mol. The van der Waals surface area contributed by atoms with Crippen LogP contribution in [0.5, 0.6) is 5.75 Å². The maximum Gasteiger partial charge on any atom is 0.271 e. The first-order valence-corrected chi connectivity index (χ1v) is 7.35. The molecule has 3 rings (SSSR count). The number of non-ortho nitro benzene ring substituents is 1. The summed E-state index contributed by atoms with van der Waals surface area (Å²) in [5, 5.41) is 26.4. The number of hydrazone groups is 1. The highest BCUT2D eigenvalue weighted by Crippen LogP contribution is 2.27. The molecule has 7 nitrogen and oxygen atoms in total. The summed E-state index contributed by atoms with van der Waals surface area (Å²) in [5.74, 6) is -0.522. The van der Waals surface area contributed by atoms with E-state index in [0.717, 1.165) is 5.39 Å². The highest BCUT2D eigenvalue weighted by molar-refractivity contribution is 5.98. The summed E-state index contributed by atoms with van der Waals surface area (Å²) >= 11 is 0. The summed E-state index contributed by atoms with van der Waals surface area (Å²) in [7, 11) is 0. The van der Waals surface area contributed by atoms with Crippen LogP contribution in [0.3, 0.4) is 0 Å². The molecule has 0 saturated heterocycles. The van der Waals surface area contributed by atoms with E-state index >= 15 is 0 Å². The molecule has 1 amide bonds. The molecule has 0 fully saturated rings. The molecule has 3 aromatic rings. The third kappa shape index (κ3) is 3.45. The van der Waals surface area contributed by atoms with Gasteiger partial charge in [-0.05, 0) is 17.5 Å². The van der Waals surface area contributed by atoms with Crippen molar-refractivity contribution >= 4 is 28.6 Å². The summed E-state index contributed by atoms with van der Waals surface area (Å²) in [6.07, 6.45) is 1.32. The highest BCUT2D eigenvalue weighted by Gasteiger charge is 2.11. The van der Waals surface area contributed by atoms with E-state index in [9.17, 15) is 20.0 Å². The summed E-state index contributed by atoms with van der Waals surface area (Å²) in [6, 6.07) is 16.2. The molecule has 124 valence electrons. The van der Waals surface area contributed by atoms with Gasteiger partial charge in [-0.1, -0.05) is 36.4 Å². The average molecular weight is 335 g/mol. The van der Waals surface area contributed by atoms with Gasteiger partial charge in [-0.2, -0.15) is 5.10 Å². The molecule has 7 heteroatoms. The molecule has 3 aromatic carbocycles. The number of rotatable bonds is 4. The SMILES string of the molecule is O=C(NN=Cc1ccc2ccccc2c1O)c1cccc([N+](=O)[O-])c1. The molecule has 0 heterocycles. The second kappa shape index (κ2) is 6.79. The molecule has 0 bridgehead atoms. The molecule has 0 aliphatic heterocycles. The van der Waals surface area contributed by atoms with E-state index in [4.69, 9.17) is 0 Å². The minimum absolute atomic E-state index is 0.0615. The van der Waals surface area contributed by atoms with Crippen molar-refractivity contribution in [1.29, 1.82) is 0 Å². The minimum atomic E-state index is -0.583. The Hall–Kier alpha value is -3.74. The Morgan fingerprint density at radius 3 is 2.72 bits per heavy atom. The van der Waals surface area contributed by atoms with Crippen LogP contribution in [0.1, 0.15) is 15.9 Å². The maximum absolute atomic E-state index is 12.0. The first-order chi connectivity index (χ1) is 12.1. The van der Waals surface area contributed by atoms with Crippen LogP contribution in [-0.2, 0) is 0 Å². The molecule has 0 aliphatic carbocycles. The second-order valence-corrected chi connectivity index (χ2v) is 5.23. The van der Waals surface area contributed by atoms with E-state index in [2.05, 4.69) is 10.5 Å². The van der Waals surface area contributed by atoms with Crippen LogP contribution in [0, 0.1) is 10.1 Å². The number of hydrogen-bond acceptors (Lipinski definition) is 5. The average Bonchev–Trinajstić information content (AvgIpc) is 2.64. The van der Waals surface area contributed by atoms with Crippen molar-refractivity contribution in [3.05, 3.63) is 81.9 Å². The van der Waals surface area contributed by atoms with E-state index in [1.54, 1.807) is 12.1 Å². The molecule has 2 N–H and O–H groups in total. The van der Waals surface area contributed by atoms with E-state index in [1.807, 2.05) is 24.3 Å². The van der Waals surface area contributed by atoms with Crippen LogP contribution in [0.15, 0.2) is 65.8 Å². The van der Waals surface area contributed by atoms with Gasteiger partial charge in [0.15, 0.2) is 0 Å². The van der Waals surface area contributed by atoms with Gasteiger partial charge in [-0.15, -0.1) is 0 Å². The molecular weight excluding hydrogens is 322 g/mol. The zero-order valence-electron chi connectivity index (χ0n) is 12.9. The molecule has 0 aliphatic rings. The van der Waals surface area contributed by atoms with Gasteiger partial charge >= 0.3 is 0 Å². The number of fused-ring (bicyclic) bond motifs is 1. The Morgan fingerprint density at radius 1 is 1.12 bits per heavy atom. The lowest BCUT2D eigenvalue weighted by Crippen LogP contribution is -2.17. The predicted octanol–water partition coefficient (Wildman–Crippen LogP) is 3.22. The van der Waals surface area contributed by atoms with Gasteiger partial charge in [0, 0.05) is 28.6 Å². The maximum atomic E-state index is 12.0. The lowest BCUT2D eigenvalue weighted by molar-refractivity contribution is -0.384. The van der Waals surface area contributed by atoms with Crippen LogP contribution >= 0.6 is 0 Å². The Kier molecular flexibility index (Phi) is 4.38. The fraction of sp³-hybridized carbons (Fsp3) is 0. The Labute approximate surface area is 142 Å². The van der Waals surface area contributed by atoms with Gasteiger partial charge in [0.1, 0.15) is 5.75 Å². The Balaban J connectivity index is 1.77. The first kappa shape index (κ1) is 16.1. The summed E-state index contributed by atoms with van der Waals surface area (Å²) in [5.41, 5.74) is 2.67. The fourth-order valence-electron chi connectivity index (χ4n) is 2.36. The van der Waals surface area contributed by atoms with E-state index in [0.29, 0.717) is 10.9 Å².